The van der Waals surface area contributed by atoms with Crippen LogP contribution in [-0.2, 0) is 0 Å². The summed E-state index contributed by atoms with van der Waals surface area (Å²) in [5, 5.41) is 0. The summed E-state index contributed by atoms with van der Waals surface area (Å²) in [6.07, 6.45) is -0.0142. The molecule has 0 fully saturated rings. The highest BCUT2D eigenvalue weighted by molar-refractivity contribution is 5.42. The van der Waals surface area contributed by atoms with Crippen LogP contribution in [0.2, 0.25) is 0 Å². The first-order valence-corrected chi connectivity index (χ1v) is 7.10. The van der Waals surface area contributed by atoms with E-state index >= 15 is 0 Å². The lowest BCUT2D eigenvalue weighted by atomic mass is 10.0. The molecule has 2 aromatic rings. The third-order valence-electron chi connectivity index (χ3n) is 3.56. The molecule has 0 aliphatic rings. The highest BCUT2D eigenvalue weighted by Gasteiger charge is 2.11. The second-order valence-electron chi connectivity index (χ2n) is 5.61. The Balaban J connectivity index is 2.23. The van der Waals surface area contributed by atoms with Gasteiger partial charge in [-0.25, -0.2) is 0 Å². The largest absolute Gasteiger partial charge is 0.486 e. The molecule has 1 atom stereocenters. The third-order valence-corrected chi connectivity index (χ3v) is 3.56. The van der Waals surface area contributed by atoms with Crippen LogP contribution in [0.1, 0.15) is 49.5 Å². The highest BCUT2D eigenvalue weighted by Crippen LogP contribution is 2.29. The zero-order chi connectivity index (χ0) is 14.7. The Labute approximate surface area is 121 Å². The van der Waals surface area contributed by atoms with Crippen molar-refractivity contribution >= 4 is 5.69 Å². The fourth-order valence-electron chi connectivity index (χ4n) is 2.17. The summed E-state index contributed by atoms with van der Waals surface area (Å²) >= 11 is 0. The number of hydrogen-bond donors (Lipinski definition) is 1. The van der Waals surface area contributed by atoms with Gasteiger partial charge in [0.25, 0.3) is 0 Å². The molecule has 0 aliphatic heterocycles. The van der Waals surface area contributed by atoms with Crippen LogP contribution in [0.3, 0.4) is 0 Å². The van der Waals surface area contributed by atoms with E-state index in [-0.39, 0.29) is 6.10 Å². The molecule has 0 radical (unpaired) electrons. The Morgan fingerprint density at radius 3 is 2.35 bits per heavy atom. The first-order valence-electron chi connectivity index (χ1n) is 7.10. The van der Waals surface area contributed by atoms with Crippen LogP contribution in [0.25, 0.3) is 0 Å². The fraction of sp³-hybridized carbons (Fsp3) is 0.333. The first kappa shape index (κ1) is 14.4. The fourth-order valence-corrected chi connectivity index (χ4v) is 2.17. The smallest absolute Gasteiger partial charge is 0.123 e. The molecule has 2 rings (SSSR count). The normalized spacial score (nSPS) is 12.4. The number of anilines is 1. The molecule has 2 nitrogen and oxygen atoms in total. The Morgan fingerprint density at radius 1 is 0.950 bits per heavy atom. The molecular formula is C18H23NO. The average molecular weight is 269 g/mol. The predicted molar refractivity (Wildman–Crippen MR) is 85.2 cm³/mol. The van der Waals surface area contributed by atoms with Gasteiger partial charge in [0.2, 0.25) is 0 Å². The van der Waals surface area contributed by atoms with Gasteiger partial charge in [0.05, 0.1) is 0 Å². The van der Waals surface area contributed by atoms with Crippen molar-refractivity contribution in [1.82, 2.24) is 0 Å². The molecule has 0 aliphatic carbocycles. The number of ether oxygens (including phenoxy) is 1. The molecule has 0 amide bonds. The second-order valence-corrected chi connectivity index (χ2v) is 5.61. The molecular weight excluding hydrogens is 246 g/mol. The predicted octanol–water partition coefficient (Wildman–Crippen LogP) is 4.84. The van der Waals surface area contributed by atoms with Gasteiger partial charge in [-0.1, -0.05) is 38.1 Å². The summed E-state index contributed by atoms with van der Waals surface area (Å²) in [4.78, 5) is 0. The van der Waals surface area contributed by atoms with Gasteiger partial charge in [0, 0.05) is 5.69 Å². The van der Waals surface area contributed by atoms with Crippen molar-refractivity contribution in [3.8, 4) is 5.75 Å². The molecule has 2 heteroatoms. The van der Waals surface area contributed by atoms with Crippen LogP contribution in [0.15, 0.2) is 42.5 Å². The van der Waals surface area contributed by atoms with Crippen molar-refractivity contribution in [3.63, 3.8) is 0 Å². The summed E-state index contributed by atoms with van der Waals surface area (Å²) in [6.45, 7) is 8.51. The van der Waals surface area contributed by atoms with Crippen molar-refractivity contribution in [2.24, 2.45) is 0 Å². The standard InChI is InChI=1S/C18H23NO/c1-12(2)15-9-8-13(3)18(11-15)20-14(4)16-6-5-7-17(19)10-16/h5-12,14H,19H2,1-4H3. The molecule has 2 N–H and O–H groups in total. The van der Waals surface area contributed by atoms with E-state index in [1.54, 1.807) is 0 Å². The van der Waals surface area contributed by atoms with Crippen LogP contribution in [0.4, 0.5) is 5.69 Å². The van der Waals surface area contributed by atoms with Crippen LogP contribution < -0.4 is 10.5 Å². The van der Waals surface area contributed by atoms with Crippen molar-refractivity contribution in [2.45, 2.75) is 39.7 Å². The average Bonchev–Trinajstić information content (AvgIpc) is 2.41. The van der Waals surface area contributed by atoms with Gasteiger partial charge in [-0.2, -0.15) is 0 Å². The summed E-state index contributed by atoms with van der Waals surface area (Å²) in [5.41, 5.74) is 10.1. The second kappa shape index (κ2) is 6.00. The third kappa shape index (κ3) is 3.32. The lowest BCUT2D eigenvalue weighted by molar-refractivity contribution is 0.225. The van der Waals surface area contributed by atoms with E-state index in [9.17, 15) is 0 Å². The minimum absolute atomic E-state index is 0.0142. The van der Waals surface area contributed by atoms with Crippen molar-refractivity contribution in [2.75, 3.05) is 5.73 Å². The lowest BCUT2D eigenvalue weighted by Crippen LogP contribution is -2.05. The van der Waals surface area contributed by atoms with E-state index in [1.165, 1.54) is 5.56 Å². The Bertz CT molecular complexity index is 590. The summed E-state index contributed by atoms with van der Waals surface area (Å²) < 4.78 is 6.12. The minimum Gasteiger partial charge on any atom is -0.486 e. The van der Waals surface area contributed by atoms with E-state index in [2.05, 4.69) is 45.9 Å². The van der Waals surface area contributed by atoms with Crippen LogP contribution >= 0.6 is 0 Å². The number of rotatable bonds is 4. The number of aryl methyl sites for hydroxylation is 1. The van der Waals surface area contributed by atoms with Crippen LogP contribution in [0.5, 0.6) is 5.75 Å². The topological polar surface area (TPSA) is 35.2 Å². The van der Waals surface area contributed by atoms with Gasteiger partial charge < -0.3 is 10.5 Å². The van der Waals surface area contributed by atoms with Gasteiger partial charge in [-0.15, -0.1) is 0 Å². The summed E-state index contributed by atoms with van der Waals surface area (Å²) in [5.74, 6) is 1.45. The van der Waals surface area contributed by atoms with Crippen molar-refractivity contribution in [3.05, 3.63) is 59.2 Å². The van der Waals surface area contributed by atoms with E-state index in [1.807, 2.05) is 24.3 Å². The molecule has 0 spiro atoms. The zero-order valence-corrected chi connectivity index (χ0v) is 12.7. The van der Waals surface area contributed by atoms with Crippen molar-refractivity contribution < 1.29 is 4.74 Å². The summed E-state index contributed by atoms with van der Waals surface area (Å²) in [6, 6.07) is 14.3. The van der Waals surface area contributed by atoms with Crippen molar-refractivity contribution in [1.29, 1.82) is 0 Å². The number of nitrogens with two attached hydrogens (primary N) is 1. The molecule has 0 saturated carbocycles. The molecule has 0 heterocycles. The molecule has 106 valence electrons. The van der Waals surface area contributed by atoms with E-state index in [0.717, 1.165) is 22.6 Å². The molecule has 20 heavy (non-hydrogen) atoms. The zero-order valence-electron chi connectivity index (χ0n) is 12.7. The van der Waals surface area contributed by atoms with E-state index in [4.69, 9.17) is 10.5 Å². The van der Waals surface area contributed by atoms with E-state index in [0.29, 0.717) is 5.92 Å². The lowest BCUT2D eigenvalue weighted by Gasteiger charge is -2.18. The molecule has 1 unspecified atom stereocenters. The first-order chi connectivity index (χ1) is 9.47. The summed E-state index contributed by atoms with van der Waals surface area (Å²) in [7, 11) is 0. The van der Waals surface area contributed by atoms with Gasteiger partial charge >= 0.3 is 0 Å². The van der Waals surface area contributed by atoms with Crippen LogP contribution in [0, 0.1) is 6.92 Å². The maximum absolute atomic E-state index is 6.12. The molecule has 0 aromatic heterocycles. The molecule has 2 aromatic carbocycles. The maximum Gasteiger partial charge on any atom is 0.123 e. The van der Waals surface area contributed by atoms with E-state index < -0.39 is 0 Å². The molecule has 0 bridgehead atoms. The maximum atomic E-state index is 6.12. The quantitative estimate of drug-likeness (QED) is 0.806. The monoisotopic (exact) mass is 269 g/mol. The van der Waals surface area contributed by atoms with Crippen LogP contribution in [-0.4, -0.2) is 0 Å². The van der Waals surface area contributed by atoms with Gasteiger partial charge in [-0.3, -0.25) is 0 Å². The Morgan fingerprint density at radius 2 is 1.70 bits per heavy atom. The number of nitrogen functional groups attached to an aromatic ring is 1. The molecule has 0 saturated heterocycles. The van der Waals surface area contributed by atoms with Gasteiger partial charge in [-0.05, 0) is 54.7 Å². The Kier molecular flexibility index (Phi) is 4.33. The van der Waals surface area contributed by atoms with Gasteiger partial charge in [0.1, 0.15) is 11.9 Å². The minimum atomic E-state index is -0.0142. The Hall–Kier alpha value is -1.96. The number of hydrogen-bond acceptors (Lipinski definition) is 2. The highest BCUT2D eigenvalue weighted by atomic mass is 16.5. The number of benzene rings is 2. The van der Waals surface area contributed by atoms with Gasteiger partial charge in [0.15, 0.2) is 0 Å². The SMILES string of the molecule is Cc1ccc(C(C)C)cc1OC(C)c1cccc(N)c1.